The third-order valence-corrected chi connectivity index (χ3v) is 3.29. The van der Waals surface area contributed by atoms with Crippen LogP contribution in [0.3, 0.4) is 0 Å². The predicted octanol–water partition coefficient (Wildman–Crippen LogP) is 3.97. The van der Waals surface area contributed by atoms with Gasteiger partial charge in [0, 0.05) is 17.7 Å². The van der Waals surface area contributed by atoms with Crippen molar-refractivity contribution in [1.29, 1.82) is 0 Å². The first-order valence-electron chi connectivity index (χ1n) is 6.56. The van der Waals surface area contributed by atoms with Crippen LogP contribution in [0.2, 0.25) is 0 Å². The fourth-order valence-corrected chi connectivity index (χ4v) is 2.23. The molecule has 116 valence electrons. The van der Waals surface area contributed by atoms with Crippen LogP contribution >= 0.6 is 0 Å². The van der Waals surface area contributed by atoms with E-state index in [-0.39, 0.29) is 18.5 Å². The van der Waals surface area contributed by atoms with Gasteiger partial charge in [0.05, 0.1) is 5.56 Å². The Labute approximate surface area is 125 Å². The molecule has 0 aliphatic heterocycles. The second kappa shape index (κ2) is 6.09. The monoisotopic (exact) mass is 309 g/mol. The molecule has 0 saturated carbocycles. The van der Waals surface area contributed by atoms with Crippen LogP contribution in [0.15, 0.2) is 42.5 Å². The zero-order valence-corrected chi connectivity index (χ0v) is 11.5. The molecular weight excluding hydrogens is 295 g/mol. The first-order chi connectivity index (χ1) is 10.3. The number of rotatable bonds is 4. The minimum atomic E-state index is -4.45. The number of alkyl halides is 3. The Morgan fingerprint density at radius 1 is 1.09 bits per heavy atom. The number of hydrogen-bond acceptors (Lipinski definition) is 2. The molecule has 0 radical (unpaired) electrons. The molecule has 0 aromatic heterocycles. The molecule has 0 saturated heterocycles. The van der Waals surface area contributed by atoms with E-state index in [1.807, 2.05) is 0 Å². The lowest BCUT2D eigenvalue weighted by molar-refractivity contribution is -0.138. The van der Waals surface area contributed by atoms with Gasteiger partial charge >= 0.3 is 12.1 Å². The lowest BCUT2D eigenvalue weighted by Gasteiger charge is -2.14. The van der Waals surface area contributed by atoms with Gasteiger partial charge in [0.15, 0.2) is 0 Å². The molecule has 0 aliphatic carbocycles. The van der Waals surface area contributed by atoms with E-state index in [0.717, 1.165) is 17.7 Å². The molecule has 22 heavy (non-hydrogen) atoms. The maximum Gasteiger partial charge on any atom is 0.416 e. The van der Waals surface area contributed by atoms with Crippen molar-refractivity contribution >= 4 is 11.7 Å². The van der Waals surface area contributed by atoms with Gasteiger partial charge in [-0.2, -0.15) is 13.2 Å². The number of carboxylic acid groups (broad SMARTS) is 1. The molecule has 3 N–H and O–H groups in total. The number of nitrogen functional groups attached to an aromatic ring is 1. The van der Waals surface area contributed by atoms with Gasteiger partial charge in [-0.25, -0.2) is 0 Å². The minimum absolute atomic E-state index is 0.0117. The Kier molecular flexibility index (Phi) is 4.40. The number of hydrogen-bond donors (Lipinski definition) is 2. The molecule has 6 heteroatoms. The van der Waals surface area contributed by atoms with Crippen molar-refractivity contribution in [3.05, 3.63) is 53.6 Å². The van der Waals surface area contributed by atoms with Crippen LogP contribution < -0.4 is 5.73 Å². The number of carbonyl (C=O) groups is 1. The fourth-order valence-electron chi connectivity index (χ4n) is 2.23. The average Bonchev–Trinajstić information content (AvgIpc) is 2.44. The second-order valence-electron chi connectivity index (χ2n) is 4.85. The van der Waals surface area contributed by atoms with Crippen LogP contribution in [0.25, 0.3) is 11.1 Å². The highest BCUT2D eigenvalue weighted by Crippen LogP contribution is 2.35. The number of anilines is 1. The largest absolute Gasteiger partial charge is 0.481 e. The summed E-state index contributed by atoms with van der Waals surface area (Å²) >= 11 is 0. The molecule has 0 spiro atoms. The first kappa shape index (κ1) is 15.9. The standard InChI is InChI=1S/C16H14F3NO2/c17-16(18,19)11-6-7-13(14(20)9-11)12-4-2-1-3-10(12)5-8-15(21)22/h1-4,6-7,9H,5,8,20H2,(H,21,22). The fraction of sp³-hybridized carbons (Fsp3) is 0.188. The van der Waals surface area contributed by atoms with Crippen LogP contribution in [0.1, 0.15) is 17.5 Å². The summed E-state index contributed by atoms with van der Waals surface area (Å²) < 4.78 is 38.0. The van der Waals surface area contributed by atoms with Gasteiger partial charge in [-0.05, 0) is 29.7 Å². The van der Waals surface area contributed by atoms with Crippen LogP contribution in [0, 0.1) is 0 Å². The Morgan fingerprint density at radius 2 is 1.77 bits per heavy atom. The Morgan fingerprint density at radius 3 is 2.36 bits per heavy atom. The topological polar surface area (TPSA) is 63.3 Å². The number of benzene rings is 2. The first-order valence-corrected chi connectivity index (χ1v) is 6.56. The molecular formula is C16H14F3NO2. The average molecular weight is 309 g/mol. The van der Waals surface area contributed by atoms with Gasteiger partial charge in [-0.15, -0.1) is 0 Å². The zero-order chi connectivity index (χ0) is 16.3. The normalized spacial score (nSPS) is 11.4. The third-order valence-electron chi connectivity index (χ3n) is 3.29. The second-order valence-corrected chi connectivity index (χ2v) is 4.85. The van der Waals surface area contributed by atoms with E-state index in [4.69, 9.17) is 10.8 Å². The van der Waals surface area contributed by atoms with Gasteiger partial charge in [0.25, 0.3) is 0 Å². The third kappa shape index (κ3) is 3.58. The minimum Gasteiger partial charge on any atom is -0.481 e. The molecule has 2 rings (SSSR count). The van der Waals surface area contributed by atoms with E-state index < -0.39 is 17.7 Å². The highest BCUT2D eigenvalue weighted by atomic mass is 19.4. The Bertz CT molecular complexity index is 696. The molecule has 2 aromatic carbocycles. The Hall–Kier alpha value is -2.50. The molecule has 0 heterocycles. The summed E-state index contributed by atoms with van der Waals surface area (Å²) in [6.07, 6.45) is -4.22. The lowest BCUT2D eigenvalue weighted by atomic mass is 9.94. The van der Waals surface area contributed by atoms with Crippen molar-refractivity contribution in [1.82, 2.24) is 0 Å². The van der Waals surface area contributed by atoms with Gasteiger partial charge < -0.3 is 10.8 Å². The Balaban J connectivity index is 2.42. The van der Waals surface area contributed by atoms with E-state index in [9.17, 15) is 18.0 Å². The molecule has 0 amide bonds. The van der Waals surface area contributed by atoms with Crippen LogP contribution in [0.5, 0.6) is 0 Å². The van der Waals surface area contributed by atoms with Crippen LogP contribution in [0.4, 0.5) is 18.9 Å². The van der Waals surface area contributed by atoms with E-state index in [0.29, 0.717) is 11.1 Å². The number of aryl methyl sites for hydroxylation is 1. The summed E-state index contributed by atoms with van der Waals surface area (Å²) in [7, 11) is 0. The van der Waals surface area contributed by atoms with Crippen LogP contribution in [-0.4, -0.2) is 11.1 Å². The van der Waals surface area contributed by atoms with Gasteiger partial charge in [-0.1, -0.05) is 30.3 Å². The van der Waals surface area contributed by atoms with Crippen LogP contribution in [-0.2, 0) is 17.4 Å². The van der Waals surface area contributed by atoms with Gasteiger partial charge in [0.1, 0.15) is 0 Å². The van der Waals surface area contributed by atoms with Crippen molar-refractivity contribution in [2.75, 3.05) is 5.73 Å². The predicted molar refractivity (Wildman–Crippen MR) is 77.2 cm³/mol. The van der Waals surface area contributed by atoms with Gasteiger partial charge in [0.2, 0.25) is 0 Å². The number of aliphatic carboxylic acids is 1. The summed E-state index contributed by atoms with van der Waals surface area (Å²) in [6, 6.07) is 10.1. The maximum absolute atomic E-state index is 12.7. The lowest BCUT2D eigenvalue weighted by Crippen LogP contribution is -2.06. The molecule has 0 bridgehead atoms. The quantitative estimate of drug-likeness (QED) is 0.840. The number of nitrogens with two attached hydrogens (primary N) is 1. The van der Waals surface area contributed by atoms with Crippen molar-refractivity contribution < 1.29 is 23.1 Å². The summed E-state index contributed by atoms with van der Waals surface area (Å²) in [5.41, 5.74) is 6.81. The maximum atomic E-state index is 12.7. The molecule has 0 fully saturated rings. The summed E-state index contributed by atoms with van der Waals surface area (Å²) in [6.45, 7) is 0. The number of carboxylic acids is 1. The van der Waals surface area contributed by atoms with Crippen molar-refractivity contribution in [2.45, 2.75) is 19.0 Å². The summed E-state index contributed by atoms with van der Waals surface area (Å²) in [5.74, 6) is -0.935. The van der Waals surface area contributed by atoms with Crippen molar-refractivity contribution in [2.24, 2.45) is 0 Å². The highest BCUT2D eigenvalue weighted by Gasteiger charge is 2.30. The summed E-state index contributed by atoms with van der Waals surface area (Å²) in [4.78, 5) is 10.7. The van der Waals surface area contributed by atoms with E-state index in [1.165, 1.54) is 6.07 Å². The summed E-state index contributed by atoms with van der Waals surface area (Å²) in [5, 5.41) is 8.77. The molecule has 2 aromatic rings. The van der Waals surface area contributed by atoms with E-state index >= 15 is 0 Å². The zero-order valence-electron chi connectivity index (χ0n) is 11.5. The highest BCUT2D eigenvalue weighted by molar-refractivity contribution is 5.79. The van der Waals surface area contributed by atoms with Crippen molar-refractivity contribution in [3.63, 3.8) is 0 Å². The van der Waals surface area contributed by atoms with Gasteiger partial charge in [-0.3, -0.25) is 4.79 Å². The smallest absolute Gasteiger partial charge is 0.416 e. The molecule has 0 atom stereocenters. The molecule has 0 aliphatic rings. The molecule has 3 nitrogen and oxygen atoms in total. The van der Waals surface area contributed by atoms with E-state index in [2.05, 4.69) is 0 Å². The number of halogens is 3. The van der Waals surface area contributed by atoms with Crippen molar-refractivity contribution in [3.8, 4) is 11.1 Å². The SMILES string of the molecule is Nc1cc(C(F)(F)F)ccc1-c1ccccc1CCC(=O)O. The van der Waals surface area contributed by atoms with E-state index in [1.54, 1.807) is 24.3 Å². The molecule has 0 unspecified atom stereocenters.